The standard InChI is InChI=1S/C41H44N4O7/c46-26-27-8-10-30(11-9-27)37-23-34(25-44-20-18-33(19-21-44)45-36-7-2-1-6-35(36)43-41(45)50)51-40(52-37)31-14-12-29(13-15-31)32-5-3-4-28(22-32)24-42-38(47)16-17-39(48)49/h1-15,22,33-34,37,40,46H,16-21,23-26H2,(H,42,47)(H,43,50)(H,48,49). The van der Waals surface area contributed by atoms with E-state index in [-0.39, 0.29) is 49.3 Å². The molecule has 0 aliphatic carbocycles. The van der Waals surface area contributed by atoms with Gasteiger partial charge in [-0.3, -0.25) is 14.2 Å². The Morgan fingerprint density at radius 3 is 2.33 bits per heavy atom. The number of aliphatic hydroxyl groups is 1. The van der Waals surface area contributed by atoms with Crippen LogP contribution in [0.5, 0.6) is 0 Å². The summed E-state index contributed by atoms with van der Waals surface area (Å²) >= 11 is 0. The van der Waals surface area contributed by atoms with Crippen molar-refractivity contribution in [2.45, 2.75) is 69.8 Å². The van der Waals surface area contributed by atoms with Crippen LogP contribution in [0.25, 0.3) is 22.2 Å². The van der Waals surface area contributed by atoms with Crippen molar-refractivity contribution in [1.29, 1.82) is 0 Å². The molecule has 2 saturated heterocycles. The number of aliphatic hydroxyl groups excluding tert-OH is 1. The quantitative estimate of drug-likeness (QED) is 0.127. The number of ether oxygens (including phenoxy) is 2. The lowest BCUT2D eigenvalue weighted by Gasteiger charge is -2.40. The molecule has 2 aliphatic heterocycles. The van der Waals surface area contributed by atoms with E-state index < -0.39 is 12.3 Å². The number of aromatic nitrogens is 2. The van der Waals surface area contributed by atoms with E-state index in [1.807, 2.05) is 102 Å². The highest BCUT2D eigenvalue weighted by Crippen LogP contribution is 2.39. The van der Waals surface area contributed by atoms with Crippen molar-refractivity contribution < 1.29 is 29.3 Å². The van der Waals surface area contributed by atoms with Crippen LogP contribution in [0.2, 0.25) is 0 Å². The summed E-state index contributed by atoms with van der Waals surface area (Å²) in [7, 11) is 0. The molecular formula is C41H44N4O7. The molecule has 0 bridgehead atoms. The molecule has 3 unspecified atom stereocenters. The van der Waals surface area contributed by atoms with Gasteiger partial charge in [-0.1, -0.05) is 78.9 Å². The summed E-state index contributed by atoms with van der Waals surface area (Å²) in [6.07, 6.45) is 1.33. The molecule has 1 amide bonds. The molecule has 0 radical (unpaired) electrons. The Labute approximate surface area is 301 Å². The predicted molar refractivity (Wildman–Crippen MR) is 196 cm³/mol. The number of rotatable bonds is 12. The molecular weight excluding hydrogens is 660 g/mol. The molecule has 4 N–H and O–H groups in total. The third kappa shape index (κ3) is 8.35. The summed E-state index contributed by atoms with van der Waals surface area (Å²) in [6.45, 7) is 2.76. The molecule has 52 heavy (non-hydrogen) atoms. The van der Waals surface area contributed by atoms with Gasteiger partial charge in [0.2, 0.25) is 5.91 Å². The third-order valence-corrected chi connectivity index (χ3v) is 10.1. The molecule has 0 spiro atoms. The molecule has 0 saturated carbocycles. The maximum atomic E-state index is 12.8. The van der Waals surface area contributed by atoms with Gasteiger partial charge in [-0.2, -0.15) is 0 Å². The molecule has 3 heterocycles. The van der Waals surface area contributed by atoms with E-state index in [1.54, 1.807) is 0 Å². The molecule has 11 nitrogen and oxygen atoms in total. The molecule has 3 atom stereocenters. The summed E-state index contributed by atoms with van der Waals surface area (Å²) in [5, 5.41) is 21.2. The van der Waals surface area contributed by atoms with Gasteiger partial charge in [0, 0.05) is 50.6 Å². The number of fused-ring (bicyclic) bond motifs is 1. The van der Waals surface area contributed by atoms with Crippen molar-refractivity contribution in [3.05, 3.63) is 130 Å². The Kier molecular flexibility index (Phi) is 10.9. The van der Waals surface area contributed by atoms with Crippen molar-refractivity contribution in [2.75, 3.05) is 19.6 Å². The monoisotopic (exact) mass is 704 g/mol. The van der Waals surface area contributed by atoms with Crippen LogP contribution in [0.4, 0.5) is 0 Å². The number of imidazole rings is 1. The molecule has 5 aromatic rings. The van der Waals surface area contributed by atoms with Gasteiger partial charge in [-0.05, 0) is 58.9 Å². The zero-order valence-electron chi connectivity index (χ0n) is 28.9. The second kappa shape index (κ2) is 16.1. The first-order valence-corrected chi connectivity index (χ1v) is 17.9. The Balaban J connectivity index is 1.03. The number of hydrogen-bond donors (Lipinski definition) is 4. The number of likely N-dealkylation sites (tertiary alicyclic amines) is 1. The van der Waals surface area contributed by atoms with Crippen molar-refractivity contribution in [3.63, 3.8) is 0 Å². The number of carboxylic acids is 1. The second-order valence-electron chi connectivity index (χ2n) is 13.7. The minimum absolute atomic E-state index is 0.0164. The predicted octanol–water partition coefficient (Wildman–Crippen LogP) is 5.85. The summed E-state index contributed by atoms with van der Waals surface area (Å²) < 4.78 is 15.2. The number of amides is 1. The zero-order valence-corrected chi connectivity index (χ0v) is 28.9. The van der Waals surface area contributed by atoms with Gasteiger partial charge in [0.15, 0.2) is 6.29 Å². The van der Waals surface area contributed by atoms with Crippen LogP contribution in [0.3, 0.4) is 0 Å². The van der Waals surface area contributed by atoms with E-state index in [1.165, 1.54) is 0 Å². The molecule has 7 rings (SSSR count). The summed E-state index contributed by atoms with van der Waals surface area (Å²) in [6, 6.07) is 31.9. The first-order valence-electron chi connectivity index (χ1n) is 17.9. The number of carboxylic acid groups (broad SMARTS) is 1. The SMILES string of the molecule is O=C(O)CCC(=O)NCc1cccc(-c2ccc(C3OC(CN4CCC(n5c(=O)[nH]c6ccccc65)CC4)CC(c4ccc(CO)cc4)O3)cc2)c1. The number of aliphatic carboxylic acids is 1. The molecule has 270 valence electrons. The van der Waals surface area contributed by atoms with E-state index in [2.05, 4.69) is 15.2 Å². The maximum Gasteiger partial charge on any atom is 0.326 e. The molecule has 11 heteroatoms. The number of benzene rings is 4. The van der Waals surface area contributed by atoms with Gasteiger partial charge in [-0.25, -0.2) is 4.79 Å². The summed E-state index contributed by atoms with van der Waals surface area (Å²) in [5.74, 6) is -1.29. The van der Waals surface area contributed by atoms with E-state index in [0.29, 0.717) is 13.0 Å². The summed E-state index contributed by atoms with van der Waals surface area (Å²) in [4.78, 5) is 41.1. The van der Waals surface area contributed by atoms with Gasteiger partial charge in [0.05, 0.1) is 36.3 Å². The number of hydrogen-bond acceptors (Lipinski definition) is 7. The van der Waals surface area contributed by atoms with Crippen LogP contribution in [0.15, 0.2) is 102 Å². The molecule has 1 aromatic heterocycles. The van der Waals surface area contributed by atoms with Crippen LogP contribution in [0.1, 0.15) is 72.8 Å². The van der Waals surface area contributed by atoms with Crippen LogP contribution in [0, 0.1) is 0 Å². The minimum Gasteiger partial charge on any atom is -0.481 e. The Bertz CT molecular complexity index is 2050. The Morgan fingerprint density at radius 2 is 1.58 bits per heavy atom. The maximum absolute atomic E-state index is 12.8. The van der Waals surface area contributed by atoms with Gasteiger partial charge in [0.1, 0.15) is 0 Å². The first kappa shape index (κ1) is 35.3. The van der Waals surface area contributed by atoms with E-state index in [0.717, 1.165) is 76.9 Å². The largest absolute Gasteiger partial charge is 0.481 e. The fourth-order valence-corrected chi connectivity index (χ4v) is 7.32. The number of nitrogens with one attached hydrogen (secondary N) is 2. The molecule has 4 aromatic carbocycles. The third-order valence-electron chi connectivity index (χ3n) is 10.1. The van der Waals surface area contributed by atoms with Crippen molar-refractivity contribution in [3.8, 4) is 11.1 Å². The van der Waals surface area contributed by atoms with Crippen molar-refractivity contribution in [1.82, 2.24) is 19.8 Å². The number of carbonyl (C=O) groups is 2. The number of carbonyl (C=O) groups excluding carboxylic acids is 1. The number of piperidine rings is 1. The van der Waals surface area contributed by atoms with Crippen LogP contribution in [-0.4, -0.2) is 62.3 Å². The highest BCUT2D eigenvalue weighted by atomic mass is 16.7. The minimum atomic E-state index is -0.995. The van der Waals surface area contributed by atoms with Gasteiger partial charge in [0.25, 0.3) is 0 Å². The van der Waals surface area contributed by atoms with E-state index in [9.17, 15) is 19.5 Å². The number of H-pyrrole nitrogens is 1. The van der Waals surface area contributed by atoms with Crippen LogP contribution < -0.4 is 11.0 Å². The van der Waals surface area contributed by atoms with Crippen molar-refractivity contribution in [2.24, 2.45) is 0 Å². The second-order valence-corrected chi connectivity index (χ2v) is 13.7. The van der Waals surface area contributed by atoms with E-state index in [4.69, 9.17) is 14.6 Å². The highest BCUT2D eigenvalue weighted by Gasteiger charge is 2.34. The fraction of sp³-hybridized carbons (Fsp3) is 0.341. The van der Waals surface area contributed by atoms with E-state index >= 15 is 0 Å². The lowest BCUT2D eigenvalue weighted by molar-refractivity contribution is -0.253. The summed E-state index contributed by atoms with van der Waals surface area (Å²) in [5.41, 5.74) is 7.47. The first-order chi connectivity index (χ1) is 25.3. The fourth-order valence-electron chi connectivity index (χ4n) is 7.32. The molecule has 2 fully saturated rings. The average molecular weight is 705 g/mol. The normalized spacial score (nSPS) is 19.8. The average Bonchev–Trinajstić information content (AvgIpc) is 3.52. The number of nitrogens with zero attached hydrogens (tertiary/aromatic N) is 2. The van der Waals surface area contributed by atoms with Crippen LogP contribution >= 0.6 is 0 Å². The number of para-hydroxylation sites is 2. The molecule has 2 aliphatic rings. The Hall–Kier alpha value is -5.07. The lowest BCUT2D eigenvalue weighted by atomic mass is 9.98. The van der Waals surface area contributed by atoms with Gasteiger partial charge >= 0.3 is 11.7 Å². The highest BCUT2D eigenvalue weighted by molar-refractivity contribution is 5.80. The van der Waals surface area contributed by atoms with Crippen molar-refractivity contribution >= 4 is 22.9 Å². The zero-order chi connectivity index (χ0) is 36.0. The lowest BCUT2D eigenvalue weighted by Crippen LogP contribution is -2.43. The van der Waals surface area contributed by atoms with Gasteiger partial charge in [-0.15, -0.1) is 0 Å². The van der Waals surface area contributed by atoms with Gasteiger partial charge < -0.3 is 34.9 Å². The Morgan fingerprint density at radius 1 is 0.827 bits per heavy atom. The van der Waals surface area contributed by atoms with Crippen LogP contribution in [-0.2, 0) is 32.2 Å². The topological polar surface area (TPSA) is 146 Å². The number of aromatic amines is 1. The smallest absolute Gasteiger partial charge is 0.326 e.